The van der Waals surface area contributed by atoms with Crippen molar-refractivity contribution in [1.82, 2.24) is 4.98 Å². The molecule has 1 aliphatic heterocycles. The SMILES string of the molecule is COc1c(B2OC(C)(C)C(C)(C)O2)ccnc1C. The third-order valence-corrected chi connectivity index (χ3v) is 3.82. The van der Waals surface area contributed by atoms with E-state index in [1.807, 2.05) is 40.7 Å². The molecule has 0 saturated carbocycles. The molecular formula is C13H20BNO3. The van der Waals surface area contributed by atoms with Crippen LogP contribution < -0.4 is 10.2 Å². The van der Waals surface area contributed by atoms with Crippen molar-refractivity contribution in [2.45, 2.75) is 45.8 Å². The summed E-state index contributed by atoms with van der Waals surface area (Å²) >= 11 is 0. The van der Waals surface area contributed by atoms with E-state index in [-0.39, 0.29) is 11.2 Å². The number of nitrogens with zero attached hydrogens (tertiary/aromatic N) is 1. The molecule has 2 heterocycles. The van der Waals surface area contributed by atoms with Gasteiger partial charge in [-0.2, -0.15) is 0 Å². The Morgan fingerprint density at radius 2 is 1.72 bits per heavy atom. The molecule has 0 spiro atoms. The van der Waals surface area contributed by atoms with Crippen molar-refractivity contribution in [3.05, 3.63) is 18.0 Å². The topological polar surface area (TPSA) is 40.6 Å². The summed E-state index contributed by atoms with van der Waals surface area (Å²) in [5, 5.41) is 0. The predicted octanol–water partition coefficient (Wildman–Crippen LogP) is 1.70. The van der Waals surface area contributed by atoms with Gasteiger partial charge in [-0.1, -0.05) is 0 Å². The van der Waals surface area contributed by atoms with E-state index in [2.05, 4.69) is 4.98 Å². The minimum Gasteiger partial charge on any atom is -0.495 e. The zero-order chi connectivity index (χ0) is 13.6. The lowest BCUT2D eigenvalue weighted by atomic mass is 9.78. The second-order valence-electron chi connectivity index (χ2n) is 5.61. The zero-order valence-electron chi connectivity index (χ0n) is 11.9. The van der Waals surface area contributed by atoms with Crippen molar-refractivity contribution in [3.8, 4) is 5.75 Å². The van der Waals surface area contributed by atoms with Gasteiger partial charge in [0.2, 0.25) is 0 Å². The maximum Gasteiger partial charge on any atom is 0.498 e. The van der Waals surface area contributed by atoms with Crippen LogP contribution >= 0.6 is 0 Å². The maximum absolute atomic E-state index is 6.02. The van der Waals surface area contributed by atoms with E-state index < -0.39 is 7.12 Å². The van der Waals surface area contributed by atoms with Crippen molar-refractivity contribution in [1.29, 1.82) is 0 Å². The quantitative estimate of drug-likeness (QED) is 0.748. The first-order valence-electron chi connectivity index (χ1n) is 6.13. The van der Waals surface area contributed by atoms with E-state index >= 15 is 0 Å². The van der Waals surface area contributed by atoms with E-state index in [4.69, 9.17) is 14.0 Å². The molecule has 0 aromatic carbocycles. The molecule has 98 valence electrons. The number of hydrogen-bond acceptors (Lipinski definition) is 4. The molecule has 1 fully saturated rings. The third-order valence-electron chi connectivity index (χ3n) is 3.82. The molecule has 18 heavy (non-hydrogen) atoms. The van der Waals surface area contributed by atoms with Gasteiger partial charge in [0.25, 0.3) is 0 Å². The molecule has 0 unspecified atom stereocenters. The number of hydrogen-bond donors (Lipinski definition) is 0. The Balaban J connectivity index is 2.38. The number of aromatic nitrogens is 1. The number of ether oxygens (including phenoxy) is 1. The van der Waals surface area contributed by atoms with Crippen LogP contribution in [0.4, 0.5) is 0 Å². The molecule has 0 bridgehead atoms. The lowest BCUT2D eigenvalue weighted by Gasteiger charge is -2.32. The lowest BCUT2D eigenvalue weighted by Crippen LogP contribution is -2.41. The summed E-state index contributed by atoms with van der Waals surface area (Å²) < 4.78 is 17.4. The Morgan fingerprint density at radius 1 is 1.17 bits per heavy atom. The van der Waals surface area contributed by atoms with Crippen LogP contribution in [0.3, 0.4) is 0 Å². The van der Waals surface area contributed by atoms with E-state index in [1.165, 1.54) is 0 Å². The molecule has 0 aliphatic carbocycles. The van der Waals surface area contributed by atoms with E-state index in [0.717, 1.165) is 16.9 Å². The fourth-order valence-corrected chi connectivity index (χ4v) is 1.99. The molecule has 4 nitrogen and oxygen atoms in total. The van der Waals surface area contributed by atoms with E-state index in [9.17, 15) is 0 Å². The van der Waals surface area contributed by atoms with Crippen molar-refractivity contribution in [3.63, 3.8) is 0 Å². The van der Waals surface area contributed by atoms with Crippen LogP contribution in [-0.2, 0) is 9.31 Å². The largest absolute Gasteiger partial charge is 0.498 e. The smallest absolute Gasteiger partial charge is 0.495 e. The van der Waals surface area contributed by atoms with Gasteiger partial charge < -0.3 is 14.0 Å². The highest BCUT2D eigenvalue weighted by atomic mass is 16.7. The monoisotopic (exact) mass is 249 g/mol. The third kappa shape index (κ3) is 2.02. The summed E-state index contributed by atoms with van der Waals surface area (Å²) in [5.74, 6) is 0.732. The van der Waals surface area contributed by atoms with E-state index in [0.29, 0.717) is 0 Å². The van der Waals surface area contributed by atoms with Crippen LogP contribution in [0.2, 0.25) is 0 Å². The molecule has 1 aromatic heterocycles. The summed E-state index contributed by atoms with van der Waals surface area (Å²) in [6.45, 7) is 10.1. The number of rotatable bonds is 2. The molecule has 0 N–H and O–H groups in total. The van der Waals surface area contributed by atoms with Gasteiger partial charge in [0.1, 0.15) is 5.75 Å². The van der Waals surface area contributed by atoms with Crippen LogP contribution in [-0.4, -0.2) is 30.4 Å². The Hall–Kier alpha value is -1.07. The molecule has 5 heteroatoms. The fourth-order valence-electron chi connectivity index (χ4n) is 1.99. The second kappa shape index (κ2) is 4.25. The second-order valence-corrected chi connectivity index (χ2v) is 5.61. The van der Waals surface area contributed by atoms with Gasteiger partial charge in [0.15, 0.2) is 0 Å². The first-order chi connectivity index (χ1) is 8.28. The first-order valence-corrected chi connectivity index (χ1v) is 6.13. The summed E-state index contributed by atoms with van der Waals surface area (Å²) in [6.07, 6.45) is 1.75. The number of methoxy groups -OCH3 is 1. The number of aryl methyl sites for hydroxylation is 1. The summed E-state index contributed by atoms with van der Waals surface area (Å²) in [4.78, 5) is 4.22. The van der Waals surface area contributed by atoms with Gasteiger partial charge in [-0.05, 0) is 40.7 Å². The van der Waals surface area contributed by atoms with Gasteiger partial charge in [-0.15, -0.1) is 0 Å². The van der Waals surface area contributed by atoms with Gasteiger partial charge in [-0.3, -0.25) is 4.98 Å². The van der Waals surface area contributed by atoms with Crippen LogP contribution in [0.5, 0.6) is 5.75 Å². The lowest BCUT2D eigenvalue weighted by molar-refractivity contribution is 0.00578. The van der Waals surface area contributed by atoms with Crippen molar-refractivity contribution < 1.29 is 14.0 Å². The molecule has 1 aliphatic rings. The highest BCUT2D eigenvalue weighted by molar-refractivity contribution is 6.63. The minimum absolute atomic E-state index is 0.347. The molecule has 2 rings (SSSR count). The molecular weight excluding hydrogens is 229 g/mol. The van der Waals surface area contributed by atoms with E-state index in [1.54, 1.807) is 13.3 Å². The predicted molar refractivity (Wildman–Crippen MR) is 71.2 cm³/mol. The normalized spacial score (nSPS) is 21.1. The highest BCUT2D eigenvalue weighted by Crippen LogP contribution is 2.37. The Bertz CT molecular complexity index is 444. The average Bonchev–Trinajstić information content (AvgIpc) is 2.47. The van der Waals surface area contributed by atoms with Crippen LogP contribution in [0.15, 0.2) is 12.3 Å². The fraction of sp³-hybridized carbons (Fsp3) is 0.615. The maximum atomic E-state index is 6.02. The van der Waals surface area contributed by atoms with Crippen LogP contribution in [0.25, 0.3) is 0 Å². The number of pyridine rings is 1. The van der Waals surface area contributed by atoms with Crippen molar-refractivity contribution >= 4 is 12.6 Å². The minimum atomic E-state index is -0.411. The average molecular weight is 249 g/mol. The van der Waals surface area contributed by atoms with Crippen LogP contribution in [0, 0.1) is 6.92 Å². The van der Waals surface area contributed by atoms with Gasteiger partial charge in [0, 0.05) is 11.7 Å². The van der Waals surface area contributed by atoms with Gasteiger partial charge in [0.05, 0.1) is 24.0 Å². The Morgan fingerprint density at radius 3 is 2.22 bits per heavy atom. The van der Waals surface area contributed by atoms with Gasteiger partial charge >= 0.3 is 7.12 Å². The molecule has 1 saturated heterocycles. The summed E-state index contributed by atoms with van der Waals surface area (Å²) in [5.41, 5.74) is 1.04. The zero-order valence-corrected chi connectivity index (χ0v) is 11.9. The van der Waals surface area contributed by atoms with Crippen molar-refractivity contribution in [2.75, 3.05) is 7.11 Å². The van der Waals surface area contributed by atoms with Crippen LogP contribution in [0.1, 0.15) is 33.4 Å². The molecule has 1 aromatic rings. The Kier molecular flexibility index (Phi) is 3.15. The first kappa shape index (κ1) is 13.4. The molecule has 0 radical (unpaired) electrons. The standard InChI is InChI=1S/C13H20BNO3/c1-9-11(16-6)10(7-8-15-9)14-17-12(2,3)13(4,5)18-14/h7-8H,1-6H3. The Labute approximate surface area is 109 Å². The highest BCUT2D eigenvalue weighted by Gasteiger charge is 2.52. The summed E-state index contributed by atoms with van der Waals surface area (Å²) in [6, 6.07) is 1.88. The van der Waals surface area contributed by atoms with Gasteiger partial charge in [-0.25, -0.2) is 0 Å². The van der Waals surface area contributed by atoms with Crippen molar-refractivity contribution in [2.24, 2.45) is 0 Å². The summed E-state index contributed by atoms with van der Waals surface area (Å²) in [7, 11) is 1.23. The molecule has 0 atom stereocenters. The molecule has 0 amide bonds.